The summed E-state index contributed by atoms with van der Waals surface area (Å²) in [5, 5.41) is 6.92. The fourth-order valence-electron chi connectivity index (χ4n) is 1.35. The van der Waals surface area contributed by atoms with Gasteiger partial charge in [-0.25, -0.2) is 4.39 Å². The Labute approximate surface area is 81.8 Å². The topological polar surface area (TPSA) is 28.7 Å². The first kappa shape index (κ1) is 8.94. The first-order chi connectivity index (χ1) is 6.81. The van der Waals surface area contributed by atoms with Crippen molar-refractivity contribution in [2.24, 2.45) is 0 Å². The molecule has 0 aliphatic carbocycles. The predicted octanol–water partition coefficient (Wildman–Crippen LogP) is 2.78. The monoisotopic (exact) mass is 190 g/mol. The highest BCUT2D eigenvalue weighted by molar-refractivity contribution is 5.59. The van der Waals surface area contributed by atoms with Crippen LogP contribution in [-0.4, -0.2) is 10.2 Å². The van der Waals surface area contributed by atoms with Gasteiger partial charge in [0.2, 0.25) is 0 Å². The maximum Gasteiger partial charge on any atom is 0.132 e. The first-order valence-corrected chi connectivity index (χ1v) is 4.60. The molecule has 0 saturated heterocycles. The Morgan fingerprint density at radius 2 is 2.14 bits per heavy atom. The van der Waals surface area contributed by atoms with E-state index in [1.807, 2.05) is 13.0 Å². The zero-order valence-electron chi connectivity index (χ0n) is 7.92. The molecule has 0 aliphatic heterocycles. The second-order valence-corrected chi connectivity index (χ2v) is 3.11. The molecule has 1 heterocycles. The molecule has 0 bridgehead atoms. The third-order valence-electron chi connectivity index (χ3n) is 2.16. The van der Waals surface area contributed by atoms with Crippen LogP contribution in [0.4, 0.5) is 4.39 Å². The average Bonchev–Trinajstić information content (AvgIpc) is 2.67. The molecule has 0 radical (unpaired) electrons. The number of hydrogen-bond donors (Lipinski definition) is 1. The van der Waals surface area contributed by atoms with E-state index < -0.39 is 0 Å². The second-order valence-electron chi connectivity index (χ2n) is 3.11. The van der Waals surface area contributed by atoms with Gasteiger partial charge in [0, 0.05) is 11.3 Å². The summed E-state index contributed by atoms with van der Waals surface area (Å²) >= 11 is 0. The number of nitrogens with one attached hydrogen (secondary N) is 1. The average molecular weight is 190 g/mol. The standard InChI is InChI=1S/C11H11FN2/c1-2-8-7-11(14-13-8)9-5-3-4-6-10(9)12/h3-7H,2H2,1H3,(H,13,14). The molecular formula is C11H11FN2. The molecular weight excluding hydrogens is 179 g/mol. The zero-order chi connectivity index (χ0) is 9.97. The molecule has 1 aromatic heterocycles. The minimum atomic E-state index is -0.235. The van der Waals surface area contributed by atoms with Crippen molar-refractivity contribution in [3.8, 4) is 11.3 Å². The fourth-order valence-corrected chi connectivity index (χ4v) is 1.35. The largest absolute Gasteiger partial charge is 0.282 e. The van der Waals surface area contributed by atoms with Crippen LogP contribution in [0.3, 0.4) is 0 Å². The van der Waals surface area contributed by atoms with E-state index in [-0.39, 0.29) is 5.82 Å². The number of nitrogens with zero attached hydrogens (tertiary/aromatic N) is 1. The summed E-state index contributed by atoms with van der Waals surface area (Å²) in [4.78, 5) is 0. The van der Waals surface area contributed by atoms with Crippen molar-refractivity contribution in [3.05, 3.63) is 41.8 Å². The van der Waals surface area contributed by atoms with Crippen LogP contribution in [0.15, 0.2) is 30.3 Å². The van der Waals surface area contributed by atoms with Gasteiger partial charge in [0.25, 0.3) is 0 Å². The maximum atomic E-state index is 13.3. The van der Waals surface area contributed by atoms with Gasteiger partial charge in [-0.3, -0.25) is 5.10 Å². The predicted molar refractivity (Wildman–Crippen MR) is 53.4 cm³/mol. The lowest BCUT2D eigenvalue weighted by Crippen LogP contribution is -1.82. The van der Waals surface area contributed by atoms with Gasteiger partial charge < -0.3 is 0 Å². The van der Waals surface area contributed by atoms with E-state index in [1.54, 1.807) is 18.2 Å². The molecule has 14 heavy (non-hydrogen) atoms. The molecule has 3 heteroatoms. The SMILES string of the molecule is CCc1cc(-c2ccccc2F)n[nH]1. The summed E-state index contributed by atoms with van der Waals surface area (Å²) in [6, 6.07) is 8.52. The van der Waals surface area contributed by atoms with E-state index in [2.05, 4.69) is 10.2 Å². The molecule has 0 spiro atoms. The van der Waals surface area contributed by atoms with Crippen molar-refractivity contribution < 1.29 is 4.39 Å². The smallest absolute Gasteiger partial charge is 0.132 e. The number of benzene rings is 1. The van der Waals surface area contributed by atoms with Gasteiger partial charge in [-0.05, 0) is 24.6 Å². The molecule has 0 saturated carbocycles. The normalized spacial score (nSPS) is 10.4. The summed E-state index contributed by atoms with van der Waals surface area (Å²) in [5.74, 6) is -0.235. The van der Waals surface area contributed by atoms with Crippen LogP contribution in [-0.2, 0) is 6.42 Å². The van der Waals surface area contributed by atoms with Crippen molar-refractivity contribution >= 4 is 0 Å². The fraction of sp³-hybridized carbons (Fsp3) is 0.182. The summed E-state index contributed by atoms with van der Waals surface area (Å²) in [6.45, 7) is 2.03. The number of aryl methyl sites for hydroxylation is 1. The Morgan fingerprint density at radius 1 is 1.36 bits per heavy atom. The van der Waals surface area contributed by atoms with Crippen LogP contribution in [0.25, 0.3) is 11.3 Å². The Balaban J connectivity index is 2.44. The van der Waals surface area contributed by atoms with E-state index in [1.165, 1.54) is 6.07 Å². The lowest BCUT2D eigenvalue weighted by atomic mass is 10.1. The van der Waals surface area contributed by atoms with Crippen LogP contribution in [0.5, 0.6) is 0 Å². The first-order valence-electron chi connectivity index (χ1n) is 4.60. The Kier molecular flexibility index (Phi) is 2.31. The molecule has 1 aromatic carbocycles. The van der Waals surface area contributed by atoms with Crippen molar-refractivity contribution in [2.75, 3.05) is 0 Å². The van der Waals surface area contributed by atoms with Gasteiger partial charge in [-0.2, -0.15) is 5.10 Å². The van der Waals surface area contributed by atoms with Crippen LogP contribution in [0.1, 0.15) is 12.6 Å². The Bertz CT molecular complexity index is 434. The van der Waals surface area contributed by atoms with Gasteiger partial charge in [0.15, 0.2) is 0 Å². The van der Waals surface area contributed by atoms with Crippen LogP contribution < -0.4 is 0 Å². The van der Waals surface area contributed by atoms with Crippen LogP contribution >= 0.6 is 0 Å². The third kappa shape index (κ3) is 1.53. The van der Waals surface area contributed by atoms with E-state index >= 15 is 0 Å². The summed E-state index contributed by atoms with van der Waals surface area (Å²) in [6.07, 6.45) is 0.876. The van der Waals surface area contributed by atoms with Gasteiger partial charge in [-0.15, -0.1) is 0 Å². The van der Waals surface area contributed by atoms with E-state index in [0.717, 1.165) is 12.1 Å². The summed E-state index contributed by atoms with van der Waals surface area (Å²) in [5.41, 5.74) is 2.23. The van der Waals surface area contributed by atoms with E-state index in [9.17, 15) is 4.39 Å². The minimum absolute atomic E-state index is 0.235. The van der Waals surface area contributed by atoms with Gasteiger partial charge in [0.1, 0.15) is 5.82 Å². The Morgan fingerprint density at radius 3 is 2.79 bits per heavy atom. The molecule has 0 atom stereocenters. The van der Waals surface area contributed by atoms with E-state index in [4.69, 9.17) is 0 Å². The number of aromatic nitrogens is 2. The molecule has 72 valence electrons. The molecule has 2 nitrogen and oxygen atoms in total. The highest BCUT2D eigenvalue weighted by Crippen LogP contribution is 2.20. The molecule has 2 rings (SSSR count). The van der Waals surface area contributed by atoms with E-state index in [0.29, 0.717) is 11.3 Å². The van der Waals surface area contributed by atoms with Crippen molar-refractivity contribution in [1.29, 1.82) is 0 Å². The summed E-state index contributed by atoms with van der Waals surface area (Å²) in [7, 11) is 0. The Hall–Kier alpha value is -1.64. The molecule has 0 aliphatic rings. The van der Waals surface area contributed by atoms with Gasteiger partial charge in [0.05, 0.1) is 5.69 Å². The lowest BCUT2D eigenvalue weighted by Gasteiger charge is -1.96. The molecule has 2 aromatic rings. The zero-order valence-corrected chi connectivity index (χ0v) is 7.92. The molecule has 0 unspecified atom stereocenters. The maximum absolute atomic E-state index is 13.3. The third-order valence-corrected chi connectivity index (χ3v) is 2.16. The lowest BCUT2D eigenvalue weighted by molar-refractivity contribution is 0.630. The molecule has 0 fully saturated rings. The molecule has 1 N–H and O–H groups in total. The number of H-pyrrole nitrogens is 1. The second kappa shape index (κ2) is 3.62. The quantitative estimate of drug-likeness (QED) is 0.775. The number of hydrogen-bond acceptors (Lipinski definition) is 1. The molecule has 0 amide bonds. The highest BCUT2D eigenvalue weighted by atomic mass is 19.1. The highest BCUT2D eigenvalue weighted by Gasteiger charge is 2.06. The van der Waals surface area contributed by atoms with Gasteiger partial charge >= 0.3 is 0 Å². The van der Waals surface area contributed by atoms with Crippen molar-refractivity contribution in [1.82, 2.24) is 10.2 Å². The van der Waals surface area contributed by atoms with Crippen molar-refractivity contribution in [2.45, 2.75) is 13.3 Å². The van der Waals surface area contributed by atoms with Gasteiger partial charge in [-0.1, -0.05) is 19.1 Å². The van der Waals surface area contributed by atoms with Crippen LogP contribution in [0, 0.1) is 5.82 Å². The number of aromatic amines is 1. The van der Waals surface area contributed by atoms with Crippen molar-refractivity contribution in [3.63, 3.8) is 0 Å². The minimum Gasteiger partial charge on any atom is -0.282 e. The summed E-state index contributed by atoms with van der Waals surface area (Å²) < 4.78 is 13.3. The van der Waals surface area contributed by atoms with Crippen LogP contribution in [0.2, 0.25) is 0 Å². The number of halogens is 1. The number of rotatable bonds is 2.